The number of halogens is 1. The Balaban J connectivity index is 2.84. The summed E-state index contributed by atoms with van der Waals surface area (Å²) in [7, 11) is 0. The van der Waals surface area contributed by atoms with E-state index in [-0.39, 0.29) is 6.04 Å². The first-order chi connectivity index (χ1) is 6.15. The second-order valence-corrected chi connectivity index (χ2v) is 3.60. The molecule has 0 aliphatic carbocycles. The lowest BCUT2D eigenvalue weighted by molar-refractivity contribution is 0.661. The van der Waals surface area contributed by atoms with E-state index in [1.165, 1.54) is 0 Å². The topological polar surface area (TPSA) is 52.0 Å². The molecule has 0 heterocycles. The average molecular weight is 199 g/mol. The number of benzene rings is 1. The van der Waals surface area contributed by atoms with Gasteiger partial charge in [0.1, 0.15) is 0 Å². The van der Waals surface area contributed by atoms with Gasteiger partial charge in [0.2, 0.25) is 0 Å². The maximum absolute atomic E-state index is 5.97. The number of hydrogen-bond donors (Lipinski definition) is 2. The Bertz CT molecular complexity index is 286. The van der Waals surface area contributed by atoms with E-state index in [4.69, 9.17) is 23.1 Å². The first kappa shape index (κ1) is 10.5. The molecule has 3 heteroatoms. The molecule has 0 saturated carbocycles. The molecule has 1 aromatic carbocycles. The Labute approximate surface area is 83.9 Å². The number of rotatable bonds is 3. The van der Waals surface area contributed by atoms with Crippen LogP contribution in [0.15, 0.2) is 18.2 Å². The van der Waals surface area contributed by atoms with Crippen molar-refractivity contribution < 1.29 is 0 Å². The van der Waals surface area contributed by atoms with E-state index >= 15 is 0 Å². The van der Waals surface area contributed by atoms with E-state index in [1.54, 1.807) is 0 Å². The van der Waals surface area contributed by atoms with Gasteiger partial charge in [-0.3, -0.25) is 0 Å². The summed E-state index contributed by atoms with van der Waals surface area (Å²) in [6.07, 6.45) is 0.791. The normalized spacial score (nSPS) is 12.9. The number of hydrogen-bond acceptors (Lipinski definition) is 2. The zero-order valence-corrected chi connectivity index (χ0v) is 8.51. The molecule has 13 heavy (non-hydrogen) atoms. The first-order valence-corrected chi connectivity index (χ1v) is 4.74. The molecular weight excluding hydrogens is 184 g/mol. The molecule has 0 unspecified atom stereocenters. The Morgan fingerprint density at radius 3 is 2.69 bits per heavy atom. The minimum atomic E-state index is 0.00287. The van der Waals surface area contributed by atoms with Gasteiger partial charge >= 0.3 is 0 Å². The summed E-state index contributed by atoms with van der Waals surface area (Å²) >= 11 is 5.97. The highest BCUT2D eigenvalue weighted by Crippen LogP contribution is 2.21. The molecule has 2 nitrogen and oxygen atoms in total. The third-order valence-corrected chi connectivity index (χ3v) is 2.51. The maximum atomic E-state index is 5.97. The van der Waals surface area contributed by atoms with Crippen LogP contribution in [0.2, 0.25) is 5.02 Å². The predicted molar refractivity (Wildman–Crippen MR) is 56.8 cm³/mol. The van der Waals surface area contributed by atoms with E-state index in [9.17, 15) is 0 Å². The SMILES string of the molecule is Cc1ccc([C@H](N)CCN)cc1Cl. The maximum Gasteiger partial charge on any atom is 0.0438 e. The summed E-state index contributed by atoms with van der Waals surface area (Å²) < 4.78 is 0. The molecule has 1 atom stereocenters. The quantitative estimate of drug-likeness (QED) is 0.781. The summed E-state index contributed by atoms with van der Waals surface area (Å²) in [6.45, 7) is 2.58. The minimum absolute atomic E-state index is 0.00287. The Morgan fingerprint density at radius 1 is 1.46 bits per heavy atom. The van der Waals surface area contributed by atoms with Crippen molar-refractivity contribution in [1.29, 1.82) is 0 Å². The zero-order chi connectivity index (χ0) is 9.84. The Hall–Kier alpha value is -0.570. The lowest BCUT2D eigenvalue weighted by Crippen LogP contribution is -2.15. The second-order valence-electron chi connectivity index (χ2n) is 3.19. The fourth-order valence-electron chi connectivity index (χ4n) is 1.19. The lowest BCUT2D eigenvalue weighted by atomic mass is 10.0. The van der Waals surface area contributed by atoms with Crippen molar-refractivity contribution in [2.45, 2.75) is 19.4 Å². The zero-order valence-electron chi connectivity index (χ0n) is 7.76. The van der Waals surface area contributed by atoms with Crippen LogP contribution in [0.3, 0.4) is 0 Å². The van der Waals surface area contributed by atoms with Gasteiger partial charge in [0.25, 0.3) is 0 Å². The summed E-state index contributed by atoms with van der Waals surface area (Å²) in [5.41, 5.74) is 13.4. The molecule has 4 N–H and O–H groups in total. The first-order valence-electron chi connectivity index (χ1n) is 4.37. The van der Waals surface area contributed by atoms with Crippen LogP contribution in [0.4, 0.5) is 0 Å². The van der Waals surface area contributed by atoms with E-state index in [0.29, 0.717) is 6.54 Å². The van der Waals surface area contributed by atoms with Gasteiger partial charge in [0.05, 0.1) is 0 Å². The lowest BCUT2D eigenvalue weighted by Gasteiger charge is -2.11. The Kier molecular flexibility index (Phi) is 3.72. The van der Waals surface area contributed by atoms with Gasteiger partial charge in [-0.1, -0.05) is 23.7 Å². The average Bonchev–Trinajstić information content (AvgIpc) is 2.10. The molecule has 0 radical (unpaired) electrons. The molecule has 0 amide bonds. The van der Waals surface area contributed by atoms with Crippen molar-refractivity contribution in [2.75, 3.05) is 6.54 Å². The van der Waals surface area contributed by atoms with Crippen molar-refractivity contribution in [3.05, 3.63) is 34.3 Å². The molecule has 0 aliphatic heterocycles. The smallest absolute Gasteiger partial charge is 0.0438 e. The van der Waals surface area contributed by atoms with Gasteiger partial charge in [-0.25, -0.2) is 0 Å². The standard InChI is InChI=1S/C10H15ClN2/c1-7-2-3-8(6-9(7)11)10(13)4-5-12/h2-3,6,10H,4-5,12-13H2,1H3/t10-/m1/s1. The largest absolute Gasteiger partial charge is 0.330 e. The van der Waals surface area contributed by atoms with Crippen molar-refractivity contribution >= 4 is 11.6 Å². The molecule has 0 bridgehead atoms. The Morgan fingerprint density at radius 2 is 2.15 bits per heavy atom. The highest BCUT2D eigenvalue weighted by atomic mass is 35.5. The van der Waals surface area contributed by atoms with Crippen molar-refractivity contribution in [2.24, 2.45) is 11.5 Å². The predicted octanol–water partition coefficient (Wildman–Crippen LogP) is 2.00. The van der Waals surface area contributed by atoms with E-state index in [0.717, 1.165) is 22.6 Å². The highest BCUT2D eigenvalue weighted by Gasteiger charge is 2.05. The van der Waals surface area contributed by atoms with Gasteiger partial charge < -0.3 is 11.5 Å². The third-order valence-electron chi connectivity index (χ3n) is 2.10. The van der Waals surface area contributed by atoms with Crippen LogP contribution in [0.25, 0.3) is 0 Å². The van der Waals surface area contributed by atoms with Crippen LogP contribution in [0, 0.1) is 6.92 Å². The van der Waals surface area contributed by atoms with Gasteiger partial charge in [-0.2, -0.15) is 0 Å². The number of nitrogens with two attached hydrogens (primary N) is 2. The molecule has 0 fully saturated rings. The third kappa shape index (κ3) is 2.69. The molecule has 0 aromatic heterocycles. The number of aryl methyl sites for hydroxylation is 1. The summed E-state index contributed by atoms with van der Waals surface area (Å²) in [6, 6.07) is 5.90. The second kappa shape index (κ2) is 4.61. The van der Waals surface area contributed by atoms with E-state index in [2.05, 4.69) is 0 Å². The summed E-state index contributed by atoms with van der Waals surface area (Å²) in [5, 5.41) is 0.768. The van der Waals surface area contributed by atoms with Gasteiger partial charge in [-0.15, -0.1) is 0 Å². The molecule has 1 aromatic rings. The van der Waals surface area contributed by atoms with Crippen LogP contribution in [-0.4, -0.2) is 6.54 Å². The van der Waals surface area contributed by atoms with Gasteiger partial charge in [0.15, 0.2) is 0 Å². The van der Waals surface area contributed by atoms with Crippen LogP contribution in [0.1, 0.15) is 23.6 Å². The molecule has 72 valence electrons. The molecule has 0 aliphatic rings. The molecular formula is C10H15ClN2. The summed E-state index contributed by atoms with van der Waals surface area (Å²) in [5.74, 6) is 0. The fourth-order valence-corrected chi connectivity index (χ4v) is 1.37. The van der Waals surface area contributed by atoms with Crippen molar-refractivity contribution in [3.8, 4) is 0 Å². The molecule has 1 rings (SSSR count). The fraction of sp³-hybridized carbons (Fsp3) is 0.400. The van der Waals surface area contributed by atoms with E-state index < -0.39 is 0 Å². The van der Waals surface area contributed by atoms with Crippen LogP contribution < -0.4 is 11.5 Å². The minimum Gasteiger partial charge on any atom is -0.330 e. The summed E-state index contributed by atoms with van der Waals surface area (Å²) in [4.78, 5) is 0. The van der Waals surface area contributed by atoms with Gasteiger partial charge in [-0.05, 0) is 37.1 Å². The molecule has 0 spiro atoms. The van der Waals surface area contributed by atoms with Crippen LogP contribution in [-0.2, 0) is 0 Å². The monoisotopic (exact) mass is 198 g/mol. The van der Waals surface area contributed by atoms with E-state index in [1.807, 2.05) is 25.1 Å². The van der Waals surface area contributed by atoms with Crippen LogP contribution >= 0.6 is 11.6 Å². The highest BCUT2D eigenvalue weighted by molar-refractivity contribution is 6.31. The van der Waals surface area contributed by atoms with Crippen molar-refractivity contribution in [3.63, 3.8) is 0 Å². The van der Waals surface area contributed by atoms with Gasteiger partial charge in [0, 0.05) is 11.1 Å². The van der Waals surface area contributed by atoms with Crippen molar-refractivity contribution in [1.82, 2.24) is 0 Å². The molecule has 0 saturated heterocycles. The van der Waals surface area contributed by atoms with Crippen LogP contribution in [0.5, 0.6) is 0 Å².